The van der Waals surface area contributed by atoms with Crippen molar-refractivity contribution in [3.8, 4) is 11.5 Å². The van der Waals surface area contributed by atoms with E-state index in [4.69, 9.17) is 23.7 Å². The number of fused-ring (bicyclic) bond motifs is 2. The van der Waals surface area contributed by atoms with Crippen LogP contribution in [0.5, 0.6) is 11.5 Å². The van der Waals surface area contributed by atoms with Crippen LogP contribution in [0.3, 0.4) is 0 Å². The number of H-pyrrole nitrogens is 1. The van der Waals surface area contributed by atoms with Crippen LogP contribution in [0.4, 0.5) is 9.59 Å². The van der Waals surface area contributed by atoms with E-state index in [-0.39, 0.29) is 70.7 Å². The molecule has 15 rings (SSSR count). The second-order valence-corrected chi connectivity index (χ2v) is 38.9. The maximum absolute atomic E-state index is 15.8. The first kappa shape index (κ1) is 95.7. The number of ether oxygens (including phenoxy) is 5. The maximum atomic E-state index is 15.8. The Balaban J connectivity index is 0.895. The Bertz CT molecular complexity index is 5590. The number of nitrogens with zero attached hydrogens (tertiary/aromatic N) is 13. The lowest BCUT2D eigenvalue weighted by molar-refractivity contribution is -0.158. The summed E-state index contributed by atoms with van der Waals surface area (Å²) in [5, 5.41) is 54.3. The first-order chi connectivity index (χ1) is 61.2. The van der Waals surface area contributed by atoms with Crippen LogP contribution >= 0.6 is 0 Å². The topological polar surface area (TPSA) is 435 Å². The minimum Gasteiger partial charge on any atom is -0.487 e. The van der Waals surface area contributed by atoms with Gasteiger partial charge in [-0.2, -0.15) is 0 Å². The molecule has 9 aromatic rings. The molecule has 3 aromatic heterocycles. The monoisotopic (exact) mass is 1780 g/mol. The van der Waals surface area contributed by atoms with E-state index >= 15 is 28.8 Å². The molecule has 6 aliphatic heterocycles. The molecule has 6 aromatic carbocycles. The molecule has 6 aliphatic rings. The van der Waals surface area contributed by atoms with Crippen LogP contribution in [0.1, 0.15) is 188 Å². The third-order valence-electron chi connectivity index (χ3n) is 23.0. The zero-order valence-corrected chi connectivity index (χ0v) is 77.2. The van der Waals surface area contributed by atoms with Gasteiger partial charge in [0.05, 0.1) is 30.5 Å². The Hall–Kier alpha value is -13.4. The van der Waals surface area contributed by atoms with Gasteiger partial charge >= 0.3 is 18.2 Å². The number of aromatic nitrogens is 10. The van der Waals surface area contributed by atoms with Gasteiger partial charge in [0.1, 0.15) is 107 Å². The normalized spacial score (nSPS) is 20.4. The predicted octanol–water partition coefficient (Wildman–Crippen LogP) is 8.64. The van der Waals surface area contributed by atoms with Gasteiger partial charge in [-0.05, 0) is 165 Å². The summed E-state index contributed by atoms with van der Waals surface area (Å²) in [6, 6.07) is 26.4. The van der Waals surface area contributed by atoms with Gasteiger partial charge < -0.3 is 65.4 Å². The van der Waals surface area contributed by atoms with Crippen molar-refractivity contribution in [2.24, 2.45) is 10.8 Å². The fourth-order valence-corrected chi connectivity index (χ4v) is 15.6. The highest BCUT2D eigenvalue weighted by molar-refractivity contribution is 5.99. The molecule has 0 radical (unpaired) electrons. The molecule has 0 aliphatic carbocycles. The number of esters is 1. The predicted molar refractivity (Wildman–Crippen MR) is 479 cm³/mol. The molecule has 2 fully saturated rings. The van der Waals surface area contributed by atoms with E-state index < -0.39 is 166 Å². The van der Waals surface area contributed by atoms with Crippen molar-refractivity contribution in [2.45, 2.75) is 259 Å². The Morgan fingerprint density at radius 2 is 0.885 bits per heavy atom. The quantitative estimate of drug-likeness (QED) is 0.0395. The summed E-state index contributed by atoms with van der Waals surface area (Å²) in [7, 11) is 2.83. The van der Waals surface area contributed by atoms with Gasteiger partial charge in [-0.25, -0.2) is 28.8 Å². The maximum Gasteiger partial charge on any atom is 0.410 e. The van der Waals surface area contributed by atoms with Crippen molar-refractivity contribution < 1.29 is 76.4 Å². The average Bonchev–Trinajstić information content (AvgIpc) is 1.63. The number of benzene rings is 6. The summed E-state index contributed by atoms with van der Waals surface area (Å²) in [6.07, 6.45) is 1.42. The van der Waals surface area contributed by atoms with E-state index in [1.165, 1.54) is 47.1 Å². The molecular weight excluding hydrogens is 1670 g/mol. The number of hydrogen-bond acceptors (Lipinski definition) is 23. The fourth-order valence-electron chi connectivity index (χ4n) is 15.6. The zero-order chi connectivity index (χ0) is 94.2. The molecule has 692 valence electrons. The Kier molecular flexibility index (Phi) is 29.2. The Morgan fingerprint density at radius 3 is 1.28 bits per heavy atom. The number of tetrazole rings is 1. The van der Waals surface area contributed by atoms with Crippen LogP contribution in [-0.4, -0.2) is 234 Å². The number of carbonyl (C=O) groups excluding carboxylic acids is 11. The highest BCUT2D eigenvalue weighted by Crippen LogP contribution is 2.36. The number of amides is 10. The van der Waals surface area contributed by atoms with Crippen LogP contribution in [0.25, 0.3) is 21.5 Å². The second-order valence-electron chi connectivity index (χ2n) is 38.9. The van der Waals surface area contributed by atoms with Crippen LogP contribution in [0.15, 0.2) is 146 Å². The standard InChI is InChI=1S/C94H120N20O16/c1-54(109(18)88(124)129-93(12,13)14)79(115)99-76(90(3,4)5)85(121)111-50-66-46-74(111)83(119)96-71(44-58-28-34-60-24-20-22-26-62(60)40-58)81(117)95-70(78-103-105-106-104-78)42-56-30-36-68(37-31-56)126-52-64-48-114(107-101-64)67-47-75(112(51-67)86(122)77(91(6,7)8)100-80(116)55(2)110(19)89(125)130-94(15,16)17)84(120)97-72(45-59-29-35-61-25-21-23-27-63(61)41-59)82(118)98-73(87(123)128-92(9,10)11)43-57-32-38-69(39-33-57)127-53-65-49-113(66)108-102-65/h20-41,48-49,54-55,66-67,70-77H,42-47,50-53H2,1-19H3,(H,95,117)(H,96,119)(H,97,120)(H,98,118)(H,99,115)(H,100,116)(H,103,104,105,106)/t54-,55-,66-,67-,70-,71-,72-,73-,74-,75-,76+,77+/m0/s1. The summed E-state index contributed by atoms with van der Waals surface area (Å²) in [4.78, 5) is 169. The molecule has 9 heterocycles. The molecule has 0 saturated carbocycles. The number of hydrogen-bond donors (Lipinski definition) is 7. The molecule has 12 atom stereocenters. The minimum absolute atomic E-state index is 0.0421. The van der Waals surface area contributed by atoms with Crippen molar-refractivity contribution in [2.75, 3.05) is 27.2 Å². The number of likely N-dealkylation sites (tertiary alicyclic amines) is 2. The number of carbonyl (C=O) groups is 11. The number of rotatable bonds is 14. The first-order valence-electron chi connectivity index (χ1n) is 43.7. The van der Waals surface area contributed by atoms with Gasteiger partial charge in [0.25, 0.3) is 0 Å². The highest BCUT2D eigenvalue weighted by atomic mass is 16.6. The number of aromatic amines is 1. The summed E-state index contributed by atoms with van der Waals surface area (Å²) in [5.41, 5.74) is -1.59. The lowest BCUT2D eigenvalue weighted by Gasteiger charge is -2.37. The van der Waals surface area contributed by atoms with E-state index in [2.05, 4.69) is 73.1 Å². The number of nitrogens with one attached hydrogen (secondary N) is 7. The van der Waals surface area contributed by atoms with E-state index in [0.29, 0.717) is 45.1 Å². The van der Waals surface area contributed by atoms with Gasteiger partial charge in [-0.1, -0.05) is 161 Å². The fraction of sp³-hybridized carbons (Fsp3) is 0.489. The highest BCUT2D eigenvalue weighted by Gasteiger charge is 2.50. The molecular formula is C94H120N20O16. The first-order valence-corrected chi connectivity index (χ1v) is 43.7. The van der Waals surface area contributed by atoms with Gasteiger partial charge in [0.15, 0.2) is 5.82 Å². The Labute approximate surface area is 755 Å². The van der Waals surface area contributed by atoms with E-state index in [0.717, 1.165) is 31.3 Å². The van der Waals surface area contributed by atoms with E-state index in [1.54, 1.807) is 165 Å². The molecule has 36 nitrogen and oxygen atoms in total. The summed E-state index contributed by atoms with van der Waals surface area (Å²) >= 11 is 0. The van der Waals surface area contributed by atoms with Crippen molar-refractivity contribution in [3.05, 3.63) is 185 Å². The van der Waals surface area contributed by atoms with Gasteiger partial charge in [0, 0.05) is 65.7 Å². The van der Waals surface area contributed by atoms with Gasteiger partial charge in [-0.15, -0.1) is 15.3 Å². The number of likely N-dealkylation sites (N-methyl/N-ethyl adjacent to an activating group) is 2. The SMILES string of the molecule is C[C@@H](C(=O)N[C@H](C(=O)N1C[C@@H]2C[C@H]1C(=O)N[C@@H](Cc1ccc3ccccc3c1)C(=O)N[C@H](C(=O)OC(C)(C)C)Cc1ccc(cc1)OCc1cn(nn1)[C@H]1C[C@@H](C(=O)N[C@@H](Cc3ccc4ccccc4c3)C(=O)N[C@H](c3nnn[nH]3)Cc3ccc(cc3)OCc3cn2nn3)N(C(=O)[C@@H](NC(=O)[C@H](C)N(C)C(=O)OC(C)(C)C)C(C)(C)C)C1)C(C)(C)C)N(C)C(=O)OC(C)(C)C. The summed E-state index contributed by atoms with van der Waals surface area (Å²) in [5.74, 6) is -5.36. The molecule has 12 bridgehead atoms. The van der Waals surface area contributed by atoms with Crippen LogP contribution in [0.2, 0.25) is 0 Å². The summed E-state index contributed by atoms with van der Waals surface area (Å²) in [6.45, 7) is 28.3. The van der Waals surface area contributed by atoms with E-state index in [1.807, 2.05) is 84.9 Å². The molecule has 36 heteroatoms. The smallest absolute Gasteiger partial charge is 0.410 e. The van der Waals surface area contributed by atoms with Crippen LogP contribution in [-0.2, 0) is 96.3 Å². The third kappa shape index (κ3) is 24.7. The zero-order valence-electron chi connectivity index (χ0n) is 77.2. The third-order valence-corrected chi connectivity index (χ3v) is 23.0. The molecule has 2 saturated heterocycles. The largest absolute Gasteiger partial charge is 0.487 e. The lowest BCUT2D eigenvalue weighted by Crippen LogP contribution is -2.61. The van der Waals surface area contributed by atoms with Crippen molar-refractivity contribution in [3.63, 3.8) is 0 Å². The van der Waals surface area contributed by atoms with Crippen LogP contribution < -0.4 is 41.4 Å². The minimum atomic E-state index is -1.42. The Morgan fingerprint density at radius 1 is 0.485 bits per heavy atom. The molecule has 10 amide bonds. The average molecular weight is 1790 g/mol. The molecule has 0 unspecified atom stereocenters. The van der Waals surface area contributed by atoms with E-state index in [9.17, 15) is 24.0 Å². The van der Waals surface area contributed by atoms with Crippen molar-refractivity contribution in [1.82, 2.24) is 102 Å². The van der Waals surface area contributed by atoms with Crippen LogP contribution in [0, 0.1) is 10.8 Å². The molecule has 7 N–H and O–H groups in total. The van der Waals surface area contributed by atoms with Gasteiger partial charge in [0.2, 0.25) is 47.3 Å². The van der Waals surface area contributed by atoms with Crippen molar-refractivity contribution >= 4 is 87.0 Å². The lowest BCUT2D eigenvalue weighted by atomic mass is 9.85. The molecule has 0 spiro atoms. The molecule has 130 heavy (non-hydrogen) atoms. The summed E-state index contributed by atoms with van der Waals surface area (Å²) < 4.78 is 32.9. The van der Waals surface area contributed by atoms with Gasteiger partial charge in [-0.3, -0.25) is 48.2 Å². The van der Waals surface area contributed by atoms with Crippen molar-refractivity contribution in [1.29, 1.82) is 0 Å². The second kappa shape index (κ2) is 39.7.